The number of hydrogen-bond donors (Lipinski definition) is 1. The van der Waals surface area contributed by atoms with Crippen LogP contribution in [0.3, 0.4) is 0 Å². The smallest absolute Gasteiger partial charge is 0.306 e. The number of quaternary nitrogens is 1. The van der Waals surface area contributed by atoms with Crippen LogP contribution in [-0.4, -0.2) is 69.4 Å². The Morgan fingerprint density at radius 2 is 0.831 bits per heavy atom. The van der Waals surface area contributed by atoms with Gasteiger partial charge < -0.3 is 28.5 Å². The lowest BCUT2D eigenvalue weighted by Crippen LogP contribution is -2.47. The highest BCUT2D eigenvalue weighted by molar-refractivity contribution is 7.45. The van der Waals surface area contributed by atoms with Crippen molar-refractivity contribution in [3.8, 4) is 0 Å². The lowest BCUT2D eigenvalue weighted by molar-refractivity contribution is -0.870. The molecule has 0 aliphatic rings. The molecule has 0 aliphatic heterocycles. The molecule has 9 nitrogen and oxygen atoms in total. The van der Waals surface area contributed by atoms with Crippen molar-refractivity contribution in [1.29, 1.82) is 0 Å². The molecular weight excluding hydrogens is 976 g/mol. The average molecular weight is 1100 g/mol. The van der Waals surface area contributed by atoms with Crippen molar-refractivity contribution in [2.45, 2.75) is 290 Å². The van der Waals surface area contributed by atoms with E-state index in [1.54, 1.807) is 0 Å². The maximum atomic E-state index is 13.5. The molecule has 0 aromatic carbocycles. The summed E-state index contributed by atoms with van der Waals surface area (Å²) in [5.41, 5.74) is 0. The first kappa shape index (κ1) is 74.2. The maximum absolute atomic E-state index is 13.5. The molecule has 0 aliphatic carbocycles. The van der Waals surface area contributed by atoms with Crippen LogP contribution >= 0.6 is 7.82 Å². The van der Waals surface area contributed by atoms with Crippen molar-refractivity contribution < 1.29 is 37.3 Å². The lowest BCUT2D eigenvalue weighted by Gasteiger charge is -2.30. The first-order chi connectivity index (χ1) is 37.4. The number of amides is 1. The molecule has 0 radical (unpaired) electrons. The number of phosphoric ester groups is 1. The Bertz CT molecular complexity index is 1590. The third-order valence-electron chi connectivity index (χ3n) is 13.8. The minimum absolute atomic E-state index is 0.0298. The third-order valence-corrected chi connectivity index (χ3v) is 14.8. The van der Waals surface area contributed by atoms with Gasteiger partial charge in [0.2, 0.25) is 5.91 Å². The van der Waals surface area contributed by atoms with Crippen molar-refractivity contribution in [2.24, 2.45) is 0 Å². The molecule has 77 heavy (non-hydrogen) atoms. The normalized spacial score (nSPS) is 14.2. The van der Waals surface area contributed by atoms with Gasteiger partial charge in [0, 0.05) is 12.8 Å². The minimum Gasteiger partial charge on any atom is -0.756 e. The summed E-state index contributed by atoms with van der Waals surface area (Å²) in [6, 6.07) is -0.903. The molecule has 1 N–H and O–H groups in total. The molecule has 0 heterocycles. The Morgan fingerprint density at radius 3 is 1.26 bits per heavy atom. The maximum Gasteiger partial charge on any atom is 0.306 e. The number of esters is 1. The van der Waals surface area contributed by atoms with E-state index in [9.17, 15) is 19.0 Å². The summed E-state index contributed by atoms with van der Waals surface area (Å²) in [5.74, 6) is -0.565. The van der Waals surface area contributed by atoms with E-state index < -0.39 is 26.6 Å². The molecule has 0 saturated heterocycles. The second-order valence-electron chi connectivity index (χ2n) is 22.5. The highest BCUT2D eigenvalue weighted by Crippen LogP contribution is 2.38. The highest BCUT2D eigenvalue weighted by atomic mass is 31.2. The van der Waals surface area contributed by atoms with Crippen LogP contribution in [-0.2, 0) is 27.9 Å². The summed E-state index contributed by atoms with van der Waals surface area (Å²) >= 11 is 0. The van der Waals surface area contributed by atoms with E-state index in [0.717, 1.165) is 103 Å². The zero-order chi connectivity index (χ0) is 56.4. The lowest BCUT2D eigenvalue weighted by atomic mass is 10.0. The van der Waals surface area contributed by atoms with E-state index >= 15 is 0 Å². The molecule has 0 aromatic heterocycles. The molecule has 0 saturated carbocycles. The molecule has 0 fully saturated rings. The van der Waals surface area contributed by atoms with Gasteiger partial charge in [0.15, 0.2) is 0 Å². The number of carbonyl (C=O) groups is 2. The summed E-state index contributed by atoms with van der Waals surface area (Å²) < 4.78 is 30.3. The Labute approximate surface area is 476 Å². The number of allylic oxidation sites excluding steroid dienone is 13. The fourth-order valence-corrected chi connectivity index (χ4v) is 9.62. The van der Waals surface area contributed by atoms with Gasteiger partial charge in [0.25, 0.3) is 7.82 Å². The van der Waals surface area contributed by atoms with E-state index in [1.165, 1.54) is 135 Å². The van der Waals surface area contributed by atoms with Crippen LogP contribution in [0.15, 0.2) is 85.1 Å². The number of unbranched alkanes of at least 4 members (excludes halogenated alkanes) is 29. The van der Waals surface area contributed by atoms with Gasteiger partial charge in [-0.2, -0.15) is 0 Å². The van der Waals surface area contributed by atoms with Gasteiger partial charge in [-0.3, -0.25) is 14.2 Å². The van der Waals surface area contributed by atoms with Crippen LogP contribution in [0.4, 0.5) is 0 Å². The summed E-state index contributed by atoms with van der Waals surface area (Å²) in [4.78, 5) is 40.0. The number of likely N-dealkylation sites (N-methyl/N-ethyl adjacent to an activating group) is 1. The Kier molecular flexibility index (Phi) is 54.4. The molecule has 0 aromatic rings. The predicted octanol–water partition coefficient (Wildman–Crippen LogP) is 19.1. The van der Waals surface area contributed by atoms with Crippen LogP contribution in [0.2, 0.25) is 0 Å². The second-order valence-corrected chi connectivity index (χ2v) is 23.9. The molecule has 0 spiro atoms. The quantitative estimate of drug-likeness (QED) is 0.0212. The molecule has 446 valence electrons. The fraction of sp³-hybridized carbons (Fsp3) is 0.761. The van der Waals surface area contributed by atoms with Crippen LogP contribution in [0, 0.1) is 0 Å². The van der Waals surface area contributed by atoms with Gasteiger partial charge >= 0.3 is 5.97 Å². The number of nitrogens with one attached hydrogen (secondary N) is 1. The second kappa shape index (κ2) is 56.5. The monoisotopic (exact) mass is 1100 g/mol. The Hall–Kier alpha value is -2.81. The summed E-state index contributed by atoms with van der Waals surface area (Å²) in [6.07, 6.45) is 74.1. The average Bonchev–Trinajstić information content (AvgIpc) is 3.39. The first-order valence-corrected chi connectivity index (χ1v) is 33.4. The zero-order valence-electron chi connectivity index (χ0n) is 50.9. The van der Waals surface area contributed by atoms with Crippen molar-refractivity contribution in [3.05, 3.63) is 85.1 Å². The van der Waals surface area contributed by atoms with Crippen LogP contribution in [0.25, 0.3) is 0 Å². The van der Waals surface area contributed by atoms with Crippen LogP contribution in [0.5, 0.6) is 0 Å². The van der Waals surface area contributed by atoms with E-state index in [4.69, 9.17) is 13.8 Å². The largest absolute Gasteiger partial charge is 0.756 e. The third kappa shape index (κ3) is 57.7. The van der Waals surface area contributed by atoms with E-state index in [2.05, 4.69) is 99.0 Å². The number of rotatable bonds is 57. The molecular formula is C67H121N2O7P. The van der Waals surface area contributed by atoms with Gasteiger partial charge in [-0.25, -0.2) is 0 Å². The van der Waals surface area contributed by atoms with Crippen molar-refractivity contribution in [2.75, 3.05) is 40.9 Å². The molecule has 10 heteroatoms. The molecule has 1 amide bonds. The van der Waals surface area contributed by atoms with Crippen molar-refractivity contribution >= 4 is 19.7 Å². The van der Waals surface area contributed by atoms with Crippen molar-refractivity contribution in [1.82, 2.24) is 5.32 Å². The molecule has 0 bridgehead atoms. The van der Waals surface area contributed by atoms with Gasteiger partial charge in [0.05, 0.1) is 33.8 Å². The fourth-order valence-electron chi connectivity index (χ4n) is 8.90. The predicted molar refractivity (Wildman–Crippen MR) is 330 cm³/mol. The number of carbonyl (C=O) groups excluding carboxylic acids is 2. The summed E-state index contributed by atoms with van der Waals surface area (Å²) in [5, 5.41) is 3.02. The minimum atomic E-state index is -4.71. The molecule has 3 unspecified atom stereocenters. The number of hydrogen-bond acceptors (Lipinski definition) is 7. The summed E-state index contributed by atoms with van der Waals surface area (Å²) in [7, 11) is 1.16. The number of ether oxygens (including phenoxy) is 1. The van der Waals surface area contributed by atoms with Gasteiger partial charge in [-0.05, 0) is 102 Å². The standard InChI is InChI=1S/C67H121N2O7P/c1-7-10-13-16-19-22-25-27-29-31-33-34-36-37-39-41-44-47-50-53-56-59-66(70)68-64(63-75-77(72,73)74-62-61-69(4,5)6)65(58-55-52-49-46-43-24-21-18-15-12-9-3)76-67(71)60-57-54-51-48-45-42-40-38-35-32-30-28-26-23-20-17-14-11-8-2/h10,13,19,22,27-30,33-34,37,39,55,58,64-65H,7-9,11-12,14-18,20-21,23-26,31-32,35-36,38,40-54,56-57,59-63H2,1-6H3,(H-,68,70,72,73)/b13-10-,22-19-,29-27-,30-28+,34-33-,39-37-,58-55+. The van der Waals surface area contributed by atoms with E-state index in [-0.39, 0.29) is 24.9 Å². The zero-order valence-corrected chi connectivity index (χ0v) is 51.8. The van der Waals surface area contributed by atoms with Crippen LogP contribution < -0.4 is 10.2 Å². The highest BCUT2D eigenvalue weighted by Gasteiger charge is 2.27. The SMILES string of the molecule is CC/C=C\C/C=C\C/C=C\C/C=C\C/C=C\CCCCCCCC(=O)NC(COP(=O)([O-])OCC[N+](C)(C)C)C(/C=C/CCCCCCCCCCC)OC(=O)CCCCCCCCCCC/C=C/CCCCCCCC. The number of nitrogens with zero attached hydrogens (tertiary/aromatic N) is 1. The van der Waals surface area contributed by atoms with E-state index in [0.29, 0.717) is 23.9 Å². The Morgan fingerprint density at radius 1 is 0.468 bits per heavy atom. The summed E-state index contributed by atoms with van der Waals surface area (Å²) in [6.45, 7) is 6.71. The van der Waals surface area contributed by atoms with Crippen LogP contribution in [0.1, 0.15) is 278 Å². The topological polar surface area (TPSA) is 114 Å². The van der Waals surface area contributed by atoms with Gasteiger partial charge in [-0.15, -0.1) is 0 Å². The van der Waals surface area contributed by atoms with Gasteiger partial charge in [0.1, 0.15) is 19.3 Å². The van der Waals surface area contributed by atoms with Crippen molar-refractivity contribution in [3.63, 3.8) is 0 Å². The van der Waals surface area contributed by atoms with Gasteiger partial charge in [-0.1, -0.05) is 247 Å². The first-order valence-electron chi connectivity index (χ1n) is 31.9. The Balaban J connectivity index is 5.23. The number of phosphoric acid groups is 1. The molecule has 0 rings (SSSR count). The van der Waals surface area contributed by atoms with E-state index in [1.807, 2.05) is 33.3 Å². The molecule has 3 atom stereocenters.